The molecule has 1 heterocycles. The molecule has 0 radical (unpaired) electrons. The topological polar surface area (TPSA) is 83.6 Å². The zero-order chi connectivity index (χ0) is 21.4. The number of hydrogen-bond donors (Lipinski definition) is 1. The molecule has 6 nitrogen and oxygen atoms in total. The summed E-state index contributed by atoms with van der Waals surface area (Å²) < 4.78 is 0. The highest BCUT2D eigenvalue weighted by Gasteiger charge is 2.41. The van der Waals surface area contributed by atoms with Crippen LogP contribution in [-0.4, -0.2) is 41.5 Å². The third-order valence-corrected chi connectivity index (χ3v) is 6.57. The van der Waals surface area contributed by atoms with Crippen molar-refractivity contribution < 1.29 is 19.2 Å². The zero-order valence-electron chi connectivity index (χ0n) is 18.4. The second-order valence-electron chi connectivity index (χ2n) is 9.11. The van der Waals surface area contributed by atoms with Crippen LogP contribution in [0.25, 0.3) is 0 Å². The summed E-state index contributed by atoms with van der Waals surface area (Å²) in [5.41, 5.74) is 0. The normalized spacial score (nSPS) is 24.1. The third kappa shape index (κ3) is 7.51. The molecule has 6 heteroatoms. The Morgan fingerprint density at radius 2 is 1.73 bits per heavy atom. The molecule has 1 N–H and O–H groups in total. The Kier molecular flexibility index (Phi) is 11.3. The van der Waals surface area contributed by atoms with Gasteiger partial charge in [0.15, 0.2) is 0 Å². The van der Waals surface area contributed by atoms with Gasteiger partial charge in [-0.25, -0.2) is 0 Å². The largest absolute Gasteiger partial charge is 0.356 e. The van der Waals surface area contributed by atoms with Crippen LogP contribution in [0.2, 0.25) is 0 Å². The second-order valence-corrected chi connectivity index (χ2v) is 9.11. The Morgan fingerprint density at radius 3 is 2.30 bits per heavy atom. The highest BCUT2D eigenvalue weighted by molar-refractivity contribution is 6.03. The van der Waals surface area contributed by atoms with E-state index in [0.717, 1.165) is 44.9 Å². The molecule has 1 saturated heterocycles. The van der Waals surface area contributed by atoms with Gasteiger partial charge in [0.05, 0.1) is 0 Å². The van der Waals surface area contributed by atoms with Crippen LogP contribution in [0.3, 0.4) is 0 Å². The number of rotatable bonds is 11. The molecule has 2 aliphatic rings. The predicted molar refractivity (Wildman–Crippen MR) is 119 cm³/mol. The van der Waals surface area contributed by atoms with E-state index in [2.05, 4.69) is 5.32 Å². The second kappa shape index (κ2) is 12.9. The van der Waals surface area contributed by atoms with Crippen molar-refractivity contribution in [1.29, 1.82) is 0 Å². The number of hydrogen-bond acceptors (Lipinski definition) is 4. The van der Waals surface area contributed by atoms with Crippen molar-refractivity contribution in [2.75, 3.05) is 13.1 Å². The summed E-state index contributed by atoms with van der Waals surface area (Å²) in [5, 5.41) is 3.03. The molecule has 1 unspecified atom stereocenters. The van der Waals surface area contributed by atoms with Gasteiger partial charge in [-0.15, -0.1) is 0 Å². The Bertz CT molecular complexity index is 594. The van der Waals surface area contributed by atoms with E-state index in [4.69, 9.17) is 0 Å². The molecule has 1 atom stereocenters. The van der Waals surface area contributed by atoms with Gasteiger partial charge in [0.25, 0.3) is 0 Å². The SMILES string of the molecule is C.CCC(=O)CCCCCNC(=O)C1CCC(CN2C(=O)CC(C(C)C)C2=O)CC1. The fourth-order valence-electron chi connectivity index (χ4n) is 4.44. The molecule has 1 aliphatic carbocycles. The van der Waals surface area contributed by atoms with E-state index in [1.807, 2.05) is 20.8 Å². The number of imide groups is 1. The van der Waals surface area contributed by atoms with Gasteiger partial charge in [-0.05, 0) is 50.4 Å². The average molecular weight is 423 g/mol. The Balaban J connectivity index is 0.00000450. The Hall–Kier alpha value is -1.72. The summed E-state index contributed by atoms with van der Waals surface area (Å²) in [4.78, 5) is 49.8. The number of Topliss-reactive ketones (excluding diaryl/α,β-unsaturated/α-hetero) is 1. The van der Waals surface area contributed by atoms with Gasteiger partial charge in [-0.3, -0.25) is 24.1 Å². The molecule has 2 rings (SSSR count). The molecule has 1 aliphatic heterocycles. The van der Waals surface area contributed by atoms with Crippen molar-refractivity contribution in [1.82, 2.24) is 10.2 Å². The van der Waals surface area contributed by atoms with Crippen LogP contribution in [0.5, 0.6) is 0 Å². The summed E-state index contributed by atoms with van der Waals surface area (Å²) in [6.45, 7) is 7.07. The van der Waals surface area contributed by atoms with Crippen LogP contribution in [0.1, 0.15) is 92.4 Å². The van der Waals surface area contributed by atoms with Crippen LogP contribution >= 0.6 is 0 Å². The number of likely N-dealkylation sites (tertiary alicyclic amines) is 1. The lowest BCUT2D eigenvalue weighted by molar-refractivity contribution is -0.141. The molecule has 0 spiro atoms. The summed E-state index contributed by atoms with van der Waals surface area (Å²) in [6.07, 6.45) is 7.81. The molecule has 0 aromatic rings. The number of nitrogens with zero attached hydrogens (tertiary/aromatic N) is 1. The first-order chi connectivity index (χ1) is 13.8. The molecular weight excluding hydrogens is 380 g/mol. The Morgan fingerprint density at radius 1 is 1.07 bits per heavy atom. The predicted octanol–water partition coefficient (Wildman–Crippen LogP) is 4.12. The van der Waals surface area contributed by atoms with Gasteiger partial charge < -0.3 is 5.32 Å². The minimum absolute atomic E-state index is 0. The lowest BCUT2D eigenvalue weighted by atomic mass is 9.81. The first kappa shape index (κ1) is 26.3. The first-order valence-corrected chi connectivity index (χ1v) is 11.5. The number of nitrogens with one attached hydrogen (secondary N) is 1. The van der Waals surface area contributed by atoms with Gasteiger partial charge >= 0.3 is 0 Å². The van der Waals surface area contributed by atoms with Crippen molar-refractivity contribution in [3.8, 4) is 0 Å². The molecule has 0 bridgehead atoms. The molecule has 172 valence electrons. The summed E-state index contributed by atoms with van der Waals surface area (Å²) >= 11 is 0. The van der Waals surface area contributed by atoms with E-state index in [1.54, 1.807) is 0 Å². The number of ketones is 1. The number of amides is 3. The third-order valence-electron chi connectivity index (χ3n) is 6.57. The monoisotopic (exact) mass is 422 g/mol. The van der Waals surface area contributed by atoms with Gasteiger partial charge in [-0.1, -0.05) is 34.6 Å². The zero-order valence-corrected chi connectivity index (χ0v) is 18.4. The van der Waals surface area contributed by atoms with Crippen LogP contribution < -0.4 is 5.32 Å². The van der Waals surface area contributed by atoms with Gasteiger partial charge in [0.2, 0.25) is 17.7 Å². The van der Waals surface area contributed by atoms with Gasteiger partial charge in [0, 0.05) is 44.2 Å². The van der Waals surface area contributed by atoms with Crippen LogP contribution in [0.15, 0.2) is 0 Å². The summed E-state index contributed by atoms with van der Waals surface area (Å²) in [5.74, 6) is 0.784. The average Bonchev–Trinajstić information content (AvgIpc) is 2.99. The highest BCUT2D eigenvalue weighted by atomic mass is 16.2. The highest BCUT2D eigenvalue weighted by Crippen LogP contribution is 2.32. The molecular formula is C24H42N2O4. The van der Waals surface area contributed by atoms with Crippen LogP contribution in [0.4, 0.5) is 0 Å². The maximum Gasteiger partial charge on any atom is 0.233 e. The Labute approximate surface area is 182 Å². The molecule has 1 saturated carbocycles. The van der Waals surface area contributed by atoms with Crippen LogP contribution in [0, 0.1) is 23.7 Å². The lowest BCUT2D eigenvalue weighted by Gasteiger charge is -2.30. The van der Waals surface area contributed by atoms with E-state index in [1.165, 1.54) is 4.90 Å². The number of carbonyl (C=O) groups is 4. The smallest absolute Gasteiger partial charge is 0.233 e. The van der Waals surface area contributed by atoms with Crippen molar-refractivity contribution in [3.05, 3.63) is 0 Å². The minimum Gasteiger partial charge on any atom is -0.356 e. The van der Waals surface area contributed by atoms with E-state index < -0.39 is 0 Å². The molecule has 0 aromatic carbocycles. The molecule has 0 aromatic heterocycles. The van der Waals surface area contributed by atoms with Gasteiger partial charge in [-0.2, -0.15) is 0 Å². The maximum atomic E-state index is 12.5. The summed E-state index contributed by atoms with van der Waals surface area (Å²) in [6, 6.07) is 0. The first-order valence-electron chi connectivity index (χ1n) is 11.5. The molecule has 2 fully saturated rings. The quantitative estimate of drug-likeness (QED) is 0.401. The molecule has 30 heavy (non-hydrogen) atoms. The number of unbranched alkanes of at least 4 members (excludes halogenated alkanes) is 2. The summed E-state index contributed by atoms with van der Waals surface area (Å²) in [7, 11) is 0. The van der Waals surface area contributed by atoms with E-state index in [0.29, 0.717) is 44.1 Å². The van der Waals surface area contributed by atoms with Crippen molar-refractivity contribution in [2.24, 2.45) is 23.7 Å². The van der Waals surface area contributed by atoms with E-state index in [-0.39, 0.29) is 42.9 Å². The fourth-order valence-corrected chi connectivity index (χ4v) is 4.44. The standard InChI is InChI=1S/C23H38N2O4.CH4/c1-4-19(26)8-6-5-7-13-24-22(28)18-11-9-17(10-12-18)15-25-21(27)14-20(16(2)3)23(25)29;/h16-18,20H,4-15H2,1-3H3,(H,24,28);1H4. The van der Waals surface area contributed by atoms with E-state index in [9.17, 15) is 19.2 Å². The van der Waals surface area contributed by atoms with E-state index >= 15 is 0 Å². The van der Waals surface area contributed by atoms with Gasteiger partial charge in [0.1, 0.15) is 5.78 Å². The number of carbonyl (C=O) groups excluding carboxylic acids is 4. The maximum absolute atomic E-state index is 12.5. The molecule has 3 amide bonds. The minimum atomic E-state index is -0.162. The van der Waals surface area contributed by atoms with Crippen molar-refractivity contribution in [2.45, 2.75) is 92.4 Å². The van der Waals surface area contributed by atoms with Crippen LogP contribution in [-0.2, 0) is 19.2 Å². The lowest BCUT2D eigenvalue weighted by Crippen LogP contribution is -2.39. The fraction of sp³-hybridized carbons (Fsp3) is 0.833. The van der Waals surface area contributed by atoms with Crippen molar-refractivity contribution in [3.63, 3.8) is 0 Å². The van der Waals surface area contributed by atoms with Crippen molar-refractivity contribution >= 4 is 23.5 Å².